The van der Waals surface area contributed by atoms with Crippen LogP contribution in [-0.4, -0.2) is 23.2 Å². The lowest BCUT2D eigenvalue weighted by molar-refractivity contribution is -0.115. The zero-order valence-electron chi connectivity index (χ0n) is 12.3. The van der Waals surface area contributed by atoms with Gasteiger partial charge in [0.2, 0.25) is 5.91 Å². The number of rotatable bonds is 5. The molecule has 1 aliphatic heterocycles. The second-order valence-corrected chi connectivity index (χ2v) is 6.27. The number of benzene rings is 1. The van der Waals surface area contributed by atoms with E-state index in [1.807, 2.05) is 19.1 Å². The first-order valence-corrected chi connectivity index (χ1v) is 6.95. The zero-order chi connectivity index (χ0) is 14.9. The molecule has 5 N–H and O–H groups in total. The largest absolute Gasteiger partial charge is 0.397 e. The molecular weight excluding hydrogens is 254 g/mol. The van der Waals surface area contributed by atoms with Crippen molar-refractivity contribution in [1.82, 2.24) is 0 Å². The molecule has 0 bridgehead atoms. The summed E-state index contributed by atoms with van der Waals surface area (Å²) in [4.78, 5) is 11.3. The summed E-state index contributed by atoms with van der Waals surface area (Å²) < 4.78 is 0. The first-order valence-electron chi connectivity index (χ1n) is 6.95. The number of nitrogens with one attached hydrogen (secondary N) is 2. The van der Waals surface area contributed by atoms with Crippen molar-refractivity contribution in [3.63, 3.8) is 0 Å². The van der Waals surface area contributed by atoms with Crippen LogP contribution in [-0.2, 0) is 11.2 Å². The molecule has 2 rings (SSSR count). The molecule has 1 unspecified atom stereocenters. The van der Waals surface area contributed by atoms with E-state index in [1.54, 1.807) is 0 Å². The van der Waals surface area contributed by atoms with Crippen LogP contribution in [0, 0.1) is 5.92 Å². The minimum Gasteiger partial charge on any atom is -0.397 e. The molecular formula is C15H23N3O2. The maximum Gasteiger partial charge on any atom is 0.228 e. The fourth-order valence-electron chi connectivity index (χ4n) is 2.68. The van der Waals surface area contributed by atoms with E-state index in [9.17, 15) is 9.90 Å². The number of carbonyl (C=O) groups excluding carboxylic acids is 1. The van der Waals surface area contributed by atoms with Gasteiger partial charge in [-0.15, -0.1) is 0 Å². The highest BCUT2D eigenvalue weighted by Gasteiger charge is 2.23. The van der Waals surface area contributed by atoms with Gasteiger partial charge < -0.3 is 21.5 Å². The molecule has 0 aromatic heterocycles. The summed E-state index contributed by atoms with van der Waals surface area (Å²) in [6, 6.07) is 3.65. The number of hydrogen-bond donors (Lipinski definition) is 4. The van der Waals surface area contributed by atoms with Crippen molar-refractivity contribution in [3.05, 3.63) is 17.7 Å². The van der Waals surface area contributed by atoms with E-state index in [2.05, 4.69) is 24.5 Å². The number of fused-ring (bicyclic) bond motifs is 1. The minimum absolute atomic E-state index is 0.0108. The summed E-state index contributed by atoms with van der Waals surface area (Å²) in [6.07, 6.45) is 1.09. The second-order valence-electron chi connectivity index (χ2n) is 6.27. The number of amides is 1. The van der Waals surface area contributed by atoms with Gasteiger partial charge in [-0.1, -0.05) is 13.8 Å². The molecule has 20 heavy (non-hydrogen) atoms. The van der Waals surface area contributed by atoms with Gasteiger partial charge in [0.1, 0.15) is 0 Å². The van der Waals surface area contributed by atoms with Crippen molar-refractivity contribution in [2.45, 2.75) is 39.2 Å². The highest BCUT2D eigenvalue weighted by molar-refractivity contribution is 6.00. The van der Waals surface area contributed by atoms with Gasteiger partial charge in [0.05, 0.1) is 23.4 Å². The summed E-state index contributed by atoms with van der Waals surface area (Å²) in [5.41, 5.74) is 8.27. The predicted molar refractivity (Wildman–Crippen MR) is 81.8 cm³/mol. The monoisotopic (exact) mass is 277 g/mol. The van der Waals surface area contributed by atoms with Crippen LogP contribution in [0.2, 0.25) is 0 Å². The molecule has 0 fully saturated rings. The molecule has 1 heterocycles. The average Bonchev–Trinajstić information content (AvgIpc) is 2.63. The van der Waals surface area contributed by atoms with E-state index >= 15 is 0 Å². The number of carbonyl (C=O) groups is 1. The lowest BCUT2D eigenvalue weighted by Gasteiger charge is -2.26. The molecule has 5 heteroatoms. The SMILES string of the molecule is CC(C)CC(C)(O)CNc1cc2c(cc1N)CC(=O)N2. The number of aliphatic hydroxyl groups is 1. The fourth-order valence-corrected chi connectivity index (χ4v) is 2.68. The first kappa shape index (κ1) is 14.7. The van der Waals surface area contributed by atoms with E-state index in [4.69, 9.17) is 5.73 Å². The molecule has 0 saturated carbocycles. The summed E-state index contributed by atoms with van der Waals surface area (Å²) in [7, 11) is 0. The Morgan fingerprint density at radius 2 is 2.20 bits per heavy atom. The lowest BCUT2D eigenvalue weighted by atomic mass is 9.94. The molecule has 0 radical (unpaired) electrons. The Morgan fingerprint density at radius 1 is 1.50 bits per heavy atom. The third-order valence-corrected chi connectivity index (χ3v) is 3.41. The number of nitrogens with two attached hydrogens (primary N) is 1. The van der Waals surface area contributed by atoms with Gasteiger partial charge in [-0.25, -0.2) is 0 Å². The molecule has 0 aliphatic carbocycles. The summed E-state index contributed by atoms with van der Waals surface area (Å²) >= 11 is 0. The highest BCUT2D eigenvalue weighted by atomic mass is 16.3. The number of anilines is 3. The van der Waals surface area contributed by atoms with Crippen LogP contribution in [0.25, 0.3) is 0 Å². The Balaban J connectivity index is 2.07. The van der Waals surface area contributed by atoms with Gasteiger partial charge in [0.25, 0.3) is 0 Å². The molecule has 1 aromatic carbocycles. The van der Waals surface area contributed by atoms with Crippen LogP contribution >= 0.6 is 0 Å². The van der Waals surface area contributed by atoms with Crippen molar-refractivity contribution >= 4 is 23.0 Å². The molecule has 110 valence electrons. The van der Waals surface area contributed by atoms with Gasteiger partial charge in [0, 0.05) is 12.2 Å². The van der Waals surface area contributed by atoms with Crippen LogP contribution < -0.4 is 16.4 Å². The summed E-state index contributed by atoms with van der Waals surface area (Å²) in [5.74, 6) is 0.409. The summed E-state index contributed by atoms with van der Waals surface area (Å²) in [6.45, 7) is 6.38. The molecule has 1 atom stereocenters. The van der Waals surface area contributed by atoms with E-state index < -0.39 is 5.60 Å². The zero-order valence-corrected chi connectivity index (χ0v) is 12.3. The van der Waals surface area contributed by atoms with Crippen molar-refractivity contribution in [2.75, 3.05) is 22.9 Å². The topological polar surface area (TPSA) is 87.4 Å². The fraction of sp³-hybridized carbons (Fsp3) is 0.533. The van der Waals surface area contributed by atoms with E-state index in [0.717, 1.165) is 16.9 Å². The number of nitrogen functional groups attached to an aromatic ring is 1. The molecule has 0 saturated heterocycles. The Morgan fingerprint density at radius 3 is 2.85 bits per heavy atom. The van der Waals surface area contributed by atoms with Crippen molar-refractivity contribution in [2.24, 2.45) is 5.92 Å². The smallest absolute Gasteiger partial charge is 0.228 e. The van der Waals surface area contributed by atoms with Crippen LogP contribution in [0.1, 0.15) is 32.8 Å². The molecule has 1 amide bonds. The standard InChI is InChI=1S/C15H23N3O2/c1-9(2)7-15(3,20)8-17-13-6-12-10(4-11(13)16)5-14(19)18-12/h4,6,9,17,20H,5,7-8,16H2,1-3H3,(H,18,19). The van der Waals surface area contributed by atoms with Crippen LogP contribution in [0.15, 0.2) is 12.1 Å². The van der Waals surface area contributed by atoms with Gasteiger partial charge in [0.15, 0.2) is 0 Å². The quantitative estimate of drug-likeness (QED) is 0.620. The predicted octanol–water partition coefficient (Wildman–Crippen LogP) is 1.97. The maximum atomic E-state index is 11.3. The van der Waals surface area contributed by atoms with Crippen LogP contribution in [0.3, 0.4) is 0 Å². The summed E-state index contributed by atoms with van der Waals surface area (Å²) in [5, 5.41) is 16.3. The molecule has 1 aliphatic rings. The minimum atomic E-state index is -0.789. The van der Waals surface area contributed by atoms with Crippen molar-refractivity contribution in [3.8, 4) is 0 Å². The normalized spacial score (nSPS) is 16.8. The Bertz CT molecular complexity index is 524. The molecule has 0 spiro atoms. The van der Waals surface area contributed by atoms with Crippen LogP contribution in [0.4, 0.5) is 17.1 Å². The van der Waals surface area contributed by atoms with Crippen molar-refractivity contribution in [1.29, 1.82) is 0 Å². The van der Waals surface area contributed by atoms with Gasteiger partial charge in [-0.2, -0.15) is 0 Å². The first-order chi connectivity index (χ1) is 9.27. The maximum absolute atomic E-state index is 11.3. The highest BCUT2D eigenvalue weighted by Crippen LogP contribution is 2.32. The van der Waals surface area contributed by atoms with Gasteiger partial charge in [-0.05, 0) is 37.0 Å². The number of hydrogen-bond acceptors (Lipinski definition) is 4. The Hall–Kier alpha value is -1.75. The van der Waals surface area contributed by atoms with Gasteiger partial charge in [-0.3, -0.25) is 4.79 Å². The van der Waals surface area contributed by atoms with E-state index in [0.29, 0.717) is 31.0 Å². The average molecular weight is 277 g/mol. The van der Waals surface area contributed by atoms with E-state index in [-0.39, 0.29) is 5.91 Å². The van der Waals surface area contributed by atoms with Crippen molar-refractivity contribution < 1.29 is 9.90 Å². The third kappa shape index (κ3) is 3.42. The Kier molecular flexibility index (Phi) is 3.90. The lowest BCUT2D eigenvalue weighted by Crippen LogP contribution is -2.35. The molecule has 1 aromatic rings. The van der Waals surface area contributed by atoms with Gasteiger partial charge >= 0.3 is 0 Å². The van der Waals surface area contributed by atoms with Crippen LogP contribution in [0.5, 0.6) is 0 Å². The second kappa shape index (κ2) is 5.32. The molecule has 5 nitrogen and oxygen atoms in total. The Labute approximate surface area is 119 Å². The van der Waals surface area contributed by atoms with E-state index in [1.165, 1.54) is 0 Å². The third-order valence-electron chi connectivity index (χ3n) is 3.41.